The molecule has 0 aliphatic carbocycles. The predicted molar refractivity (Wildman–Crippen MR) is 84.4 cm³/mol. The summed E-state index contributed by atoms with van der Waals surface area (Å²) >= 11 is 0. The zero-order valence-electron chi connectivity index (χ0n) is 13.0. The molecule has 1 amide bonds. The fourth-order valence-electron chi connectivity index (χ4n) is 2.22. The maximum Gasteiger partial charge on any atom is 0.326 e. The second-order valence-corrected chi connectivity index (χ2v) is 5.04. The van der Waals surface area contributed by atoms with Crippen molar-refractivity contribution in [2.75, 3.05) is 7.11 Å². The summed E-state index contributed by atoms with van der Waals surface area (Å²) in [5.74, 6) is -0.812. The molecule has 0 bridgehead atoms. The van der Waals surface area contributed by atoms with Crippen LogP contribution < -0.4 is 10.1 Å². The molecule has 0 saturated heterocycles. The van der Waals surface area contributed by atoms with Gasteiger partial charge in [-0.25, -0.2) is 4.79 Å². The van der Waals surface area contributed by atoms with E-state index in [1.165, 1.54) is 6.20 Å². The average molecular weight is 317 g/mol. The molecule has 23 heavy (non-hydrogen) atoms. The highest BCUT2D eigenvalue weighted by Gasteiger charge is 2.22. The number of carboxylic acids is 1. The molecule has 1 heterocycles. The second-order valence-electron chi connectivity index (χ2n) is 5.04. The zero-order chi connectivity index (χ0) is 16.8. The number of benzene rings is 1. The molecule has 1 aromatic heterocycles. The lowest BCUT2D eigenvalue weighted by atomic mass is 10.1. The van der Waals surface area contributed by atoms with Crippen molar-refractivity contribution >= 4 is 11.9 Å². The number of hydrogen-bond donors (Lipinski definition) is 3. The van der Waals surface area contributed by atoms with E-state index in [2.05, 4.69) is 15.5 Å². The van der Waals surface area contributed by atoms with Gasteiger partial charge in [0.05, 0.1) is 24.6 Å². The van der Waals surface area contributed by atoms with Gasteiger partial charge in [0, 0.05) is 5.56 Å². The Morgan fingerprint density at radius 1 is 1.35 bits per heavy atom. The van der Waals surface area contributed by atoms with Gasteiger partial charge in [0.1, 0.15) is 11.8 Å². The molecular weight excluding hydrogens is 298 g/mol. The molecule has 122 valence electrons. The van der Waals surface area contributed by atoms with Crippen LogP contribution in [0.5, 0.6) is 5.75 Å². The number of aromatic amines is 1. The summed E-state index contributed by atoms with van der Waals surface area (Å²) in [5.41, 5.74) is 1.60. The van der Waals surface area contributed by atoms with Crippen LogP contribution in [0, 0.1) is 0 Å². The van der Waals surface area contributed by atoms with Crippen molar-refractivity contribution in [3.05, 3.63) is 36.0 Å². The van der Waals surface area contributed by atoms with Crippen LogP contribution >= 0.6 is 0 Å². The van der Waals surface area contributed by atoms with E-state index >= 15 is 0 Å². The van der Waals surface area contributed by atoms with Crippen LogP contribution in [0.2, 0.25) is 0 Å². The third kappa shape index (κ3) is 3.88. The van der Waals surface area contributed by atoms with E-state index < -0.39 is 17.9 Å². The van der Waals surface area contributed by atoms with E-state index in [-0.39, 0.29) is 0 Å². The van der Waals surface area contributed by atoms with Crippen molar-refractivity contribution in [2.24, 2.45) is 0 Å². The summed E-state index contributed by atoms with van der Waals surface area (Å²) < 4.78 is 5.10. The summed E-state index contributed by atoms with van der Waals surface area (Å²) in [6.45, 7) is 1.86. The first kappa shape index (κ1) is 16.5. The number of aromatic nitrogens is 2. The van der Waals surface area contributed by atoms with Gasteiger partial charge in [-0.3, -0.25) is 9.89 Å². The smallest absolute Gasteiger partial charge is 0.326 e. The Bertz CT molecular complexity index is 679. The second kappa shape index (κ2) is 7.44. The summed E-state index contributed by atoms with van der Waals surface area (Å²) in [6, 6.07) is 6.23. The van der Waals surface area contributed by atoms with Gasteiger partial charge in [-0.2, -0.15) is 5.10 Å². The summed E-state index contributed by atoms with van der Waals surface area (Å²) in [7, 11) is 1.57. The average Bonchev–Trinajstić information content (AvgIpc) is 3.04. The normalized spacial score (nSPS) is 11.7. The zero-order valence-corrected chi connectivity index (χ0v) is 13.0. The Labute approximate surface area is 133 Å². The van der Waals surface area contributed by atoms with E-state index in [1.807, 2.05) is 6.92 Å². The van der Waals surface area contributed by atoms with E-state index in [0.717, 1.165) is 5.56 Å². The number of carboxylic acid groups (broad SMARTS) is 1. The molecule has 7 nitrogen and oxygen atoms in total. The van der Waals surface area contributed by atoms with Crippen LogP contribution in [0.25, 0.3) is 11.3 Å². The maximum absolute atomic E-state index is 12.4. The number of aliphatic carboxylic acids is 1. The minimum absolute atomic E-state index is 0.303. The monoisotopic (exact) mass is 317 g/mol. The SMILES string of the molecule is CCCC(NC(=O)c1cn[nH]c1-c1ccc(OC)cc1)C(=O)O. The summed E-state index contributed by atoms with van der Waals surface area (Å²) in [5, 5.41) is 18.3. The van der Waals surface area contributed by atoms with E-state index in [0.29, 0.717) is 29.8 Å². The number of ether oxygens (including phenoxy) is 1. The minimum atomic E-state index is -1.05. The molecule has 1 aromatic carbocycles. The van der Waals surface area contributed by atoms with Gasteiger partial charge in [0.15, 0.2) is 0 Å². The lowest BCUT2D eigenvalue weighted by Gasteiger charge is -2.13. The van der Waals surface area contributed by atoms with E-state index in [1.54, 1.807) is 31.4 Å². The number of rotatable bonds is 7. The Morgan fingerprint density at radius 2 is 2.04 bits per heavy atom. The first-order valence-electron chi connectivity index (χ1n) is 7.28. The molecule has 3 N–H and O–H groups in total. The van der Waals surface area contributed by atoms with Gasteiger partial charge < -0.3 is 15.2 Å². The summed E-state index contributed by atoms with van der Waals surface area (Å²) in [6.07, 6.45) is 2.42. The highest BCUT2D eigenvalue weighted by Crippen LogP contribution is 2.23. The molecule has 1 unspecified atom stereocenters. The van der Waals surface area contributed by atoms with Gasteiger partial charge in [-0.1, -0.05) is 13.3 Å². The molecule has 7 heteroatoms. The third-order valence-corrected chi connectivity index (χ3v) is 3.44. The van der Waals surface area contributed by atoms with E-state index in [4.69, 9.17) is 9.84 Å². The molecule has 0 saturated carbocycles. The van der Waals surface area contributed by atoms with Crippen LogP contribution in [-0.2, 0) is 4.79 Å². The van der Waals surface area contributed by atoms with Gasteiger partial charge >= 0.3 is 5.97 Å². The molecule has 2 rings (SSSR count). The lowest BCUT2D eigenvalue weighted by Crippen LogP contribution is -2.40. The van der Waals surface area contributed by atoms with Crippen molar-refractivity contribution in [3.8, 4) is 17.0 Å². The number of nitrogens with zero attached hydrogens (tertiary/aromatic N) is 1. The number of nitrogens with one attached hydrogen (secondary N) is 2. The number of hydrogen-bond acceptors (Lipinski definition) is 4. The minimum Gasteiger partial charge on any atom is -0.497 e. The Hall–Kier alpha value is -2.83. The molecule has 2 aromatic rings. The topological polar surface area (TPSA) is 104 Å². The maximum atomic E-state index is 12.4. The fourth-order valence-corrected chi connectivity index (χ4v) is 2.22. The van der Waals surface area contributed by atoms with Crippen LogP contribution in [0.3, 0.4) is 0 Å². The van der Waals surface area contributed by atoms with Crippen molar-refractivity contribution in [1.82, 2.24) is 15.5 Å². The predicted octanol–water partition coefficient (Wildman–Crippen LogP) is 2.07. The molecule has 1 atom stereocenters. The number of amides is 1. The molecule has 0 fully saturated rings. The van der Waals surface area contributed by atoms with Gasteiger partial charge in [0.2, 0.25) is 0 Å². The van der Waals surface area contributed by atoms with Crippen molar-refractivity contribution in [1.29, 1.82) is 0 Å². The highest BCUT2D eigenvalue weighted by atomic mass is 16.5. The quantitative estimate of drug-likeness (QED) is 0.725. The van der Waals surface area contributed by atoms with Crippen LogP contribution in [-0.4, -0.2) is 40.3 Å². The number of carbonyl (C=O) groups excluding carboxylic acids is 1. The first-order chi connectivity index (χ1) is 11.1. The Balaban J connectivity index is 2.22. The summed E-state index contributed by atoms with van der Waals surface area (Å²) in [4.78, 5) is 23.5. The molecule has 0 radical (unpaired) electrons. The third-order valence-electron chi connectivity index (χ3n) is 3.44. The Morgan fingerprint density at radius 3 is 2.61 bits per heavy atom. The highest BCUT2D eigenvalue weighted by molar-refractivity contribution is 6.01. The van der Waals surface area contributed by atoms with Gasteiger partial charge in [-0.05, 0) is 30.7 Å². The molecule has 0 aliphatic rings. The number of carbonyl (C=O) groups is 2. The number of H-pyrrole nitrogens is 1. The Kier molecular flexibility index (Phi) is 5.35. The lowest BCUT2D eigenvalue weighted by molar-refractivity contribution is -0.139. The van der Waals surface area contributed by atoms with E-state index in [9.17, 15) is 9.59 Å². The molecule has 0 aliphatic heterocycles. The van der Waals surface area contributed by atoms with Crippen LogP contribution in [0.15, 0.2) is 30.5 Å². The standard InChI is InChI=1S/C16H19N3O4/c1-3-4-13(16(21)22)18-15(20)12-9-17-19-14(12)10-5-7-11(23-2)8-6-10/h5-9,13H,3-4H2,1-2H3,(H,17,19)(H,18,20)(H,21,22). The van der Waals surface area contributed by atoms with Gasteiger partial charge in [0.25, 0.3) is 5.91 Å². The van der Waals surface area contributed by atoms with Crippen LogP contribution in [0.1, 0.15) is 30.1 Å². The van der Waals surface area contributed by atoms with Crippen molar-refractivity contribution < 1.29 is 19.4 Å². The number of methoxy groups -OCH3 is 1. The first-order valence-corrected chi connectivity index (χ1v) is 7.28. The van der Waals surface area contributed by atoms with Gasteiger partial charge in [-0.15, -0.1) is 0 Å². The van der Waals surface area contributed by atoms with Crippen molar-refractivity contribution in [3.63, 3.8) is 0 Å². The fraction of sp³-hybridized carbons (Fsp3) is 0.312. The largest absolute Gasteiger partial charge is 0.497 e. The molecule has 0 spiro atoms. The van der Waals surface area contributed by atoms with Crippen LogP contribution in [0.4, 0.5) is 0 Å². The molecular formula is C16H19N3O4. The van der Waals surface area contributed by atoms with Crippen molar-refractivity contribution in [2.45, 2.75) is 25.8 Å².